The van der Waals surface area contributed by atoms with E-state index >= 15 is 0 Å². The Labute approximate surface area is 146 Å². The molecule has 2 aromatic carbocycles. The van der Waals surface area contributed by atoms with Gasteiger partial charge >= 0.3 is 0 Å². The van der Waals surface area contributed by atoms with E-state index in [1.807, 2.05) is 30.3 Å². The molecule has 1 unspecified atom stereocenters. The van der Waals surface area contributed by atoms with Gasteiger partial charge in [0.1, 0.15) is 0 Å². The molecule has 0 fully saturated rings. The molecular formula is C17H20N2O5S. The Morgan fingerprint density at radius 2 is 1.68 bits per heavy atom. The van der Waals surface area contributed by atoms with Gasteiger partial charge in [0.05, 0.1) is 9.82 Å². The lowest BCUT2D eigenvalue weighted by Gasteiger charge is -2.16. The van der Waals surface area contributed by atoms with Gasteiger partial charge in [-0.15, -0.1) is 0 Å². The summed E-state index contributed by atoms with van der Waals surface area (Å²) in [5.41, 5.74) is 0.886. The first kappa shape index (κ1) is 19.0. The smallest absolute Gasteiger partial charge is 0.269 e. The standard InChI is InChI=1S/C17H20N2O5S/c20-13-11-15(14-4-2-1-3-5-14)10-12-18-25(23,24)17-8-6-16(7-9-17)19(21)22/h1-9,15,18,20H,10-13H2. The molecular weight excluding hydrogens is 344 g/mol. The van der Waals surface area contributed by atoms with Gasteiger partial charge in [-0.2, -0.15) is 0 Å². The summed E-state index contributed by atoms with van der Waals surface area (Å²) in [5.74, 6) is 0.0470. The summed E-state index contributed by atoms with van der Waals surface area (Å²) in [6, 6.07) is 14.3. The van der Waals surface area contributed by atoms with Crippen molar-refractivity contribution in [1.82, 2.24) is 4.72 Å². The molecule has 0 amide bonds. The summed E-state index contributed by atoms with van der Waals surface area (Å²) in [5, 5.41) is 19.8. The Balaban J connectivity index is 1.99. The van der Waals surface area contributed by atoms with Gasteiger partial charge in [-0.25, -0.2) is 13.1 Å². The van der Waals surface area contributed by atoms with Crippen LogP contribution in [0.5, 0.6) is 0 Å². The first-order chi connectivity index (χ1) is 11.9. The van der Waals surface area contributed by atoms with Gasteiger partial charge in [-0.05, 0) is 36.5 Å². The maximum atomic E-state index is 12.3. The number of hydrogen-bond donors (Lipinski definition) is 2. The van der Waals surface area contributed by atoms with E-state index in [4.69, 9.17) is 0 Å². The third-order valence-corrected chi connectivity index (χ3v) is 5.37. The normalized spacial score (nSPS) is 12.7. The average molecular weight is 364 g/mol. The van der Waals surface area contributed by atoms with E-state index in [0.717, 1.165) is 17.7 Å². The number of nitrogens with one attached hydrogen (secondary N) is 1. The fourth-order valence-electron chi connectivity index (χ4n) is 2.56. The van der Waals surface area contributed by atoms with Gasteiger partial charge in [0.15, 0.2) is 0 Å². The minimum atomic E-state index is -3.73. The van der Waals surface area contributed by atoms with Crippen molar-refractivity contribution in [3.63, 3.8) is 0 Å². The molecule has 0 bridgehead atoms. The number of sulfonamides is 1. The van der Waals surface area contributed by atoms with Gasteiger partial charge in [0.2, 0.25) is 10.0 Å². The Bertz CT molecular complexity index is 792. The van der Waals surface area contributed by atoms with Crippen LogP contribution in [-0.2, 0) is 10.0 Å². The molecule has 7 nitrogen and oxygen atoms in total. The molecule has 25 heavy (non-hydrogen) atoms. The quantitative estimate of drug-likeness (QED) is 0.524. The maximum Gasteiger partial charge on any atom is 0.269 e. The fraction of sp³-hybridized carbons (Fsp3) is 0.294. The van der Waals surface area contributed by atoms with Gasteiger partial charge < -0.3 is 5.11 Å². The molecule has 0 radical (unpaired) electrons. The number of aliphatic hydroxyl groups excluding tert-OH is 1. The lowest BCUT2D eigenvalue weighted by Crippen LogP contribution is -2.26. The summed E-state index contributed by atoms with van der Waals surface area (Å²) >= 11 is 0. The summed E-state index contributed by atoms with van der Waals surface area (Å²) in [7, 11) is -3.73. The van der Waals surface area contributed by atoms with Crippen LogP contribution in [0.15, 0.2) is 59.5 Å². The van der Waals surface area contributed by atoms with E-state index in [1.165, 1.54) is 12.1 Å². The SMILES string of the molecule is O=[N+]([O-])c1ccc(S(=O)(=O)NCCC(CCO)c2ccccc2)cc1. The molecule has 0 heterocycles. The molecule has 2 rings (SSSR count). The second-order valence-electron chi connectivity index (χ2n) is 5.56. The van der Waals surface area contributed by atoms with E-state index in [2.05, 4.69) is 4.72 Å². The van der Waals surface area contributed by atoms with E-state index in [1.54, 1.807) is 0 Å². The van der Waals surface area contributed by atoms with E-state index in [-0.39, 0.29) is 29.7 Å². The average Bonchev–Trinajstić information content (AvgIpc) is 2.61. The van der Waals surface area contributed by atoms with Crippen LogP contribution in [-0.4, -0.2) is 31.6 Å². The van der Waals surface area contributed by atoms with Crippen LogP contribution in [0.3, 0.4) is 0 Å². The molecule has 2 aromatic rings. The van der Waals surface area contributed by atoms with Gasteiger partial charge in [0, 0.05) is 25.3 Å². The summed E-state index contributed by atoms with van der Waals surface area (Å²) in [6.45, 7) is 0.230. The second-order valence-corrected chi connectivity index (χ2v) is 7.32. The van der Waals surface area contributed by atoms with Crippen molar-refractivity contribution in [3.05, 3.63) is 70.3 Å². The molecule has 0 saturated heterocycles. The number of aliphatic hydroxyl groups is 1. The minimum absolute atomic E-state index is 0.0171. The molecule has 0 aliphatic heterocycles. The lowest BCUT2D eigenvalue weighted by atomic mass is 9.93. The highest BCUT2D eigenvalue weighted by Gasteiger charge is 2.17. The number of non-ortho nitro benzene ring substituents is 1. The van der Waals surface area contributed by atoms with Gasteiger partial charge in [-0.1, -0.05) is 30.3 Å². The number of rotatable bonds is 9. The van der Waals surface area contributed by atoms with Gasteiger partial charge in [-0.3, -0.25) is 10.1 Å². The first-order valence-corrected chi connectivity index (χ1v) is 9.32. The highest BCUT2D eigenvalue weighted by atomic mass is 32.2. The molecule has 2 N–H and O–H groups in total. The highest BCUT2D eigenvalue weighted by Crippen LogP contribution is 2.23. The van der Waals surface area contributed by atoms with Crippen molar-refractivity contribution in [2.45, 2.75) is 23.7 Å². The van der Waals surface area contributed by atoms with E-state index in [9.17, 15) is 23.6 Å². The second kappa shape index (κ2) is 8.70. The van der Waals surface area contributed by atoms with Crippen molar-refractivity contribution in [2.75, 3.05) is 13.2 Å². The summed E-state index contributed by atoms with van der Waals surface area (Å²) < 4.78 is 27.0. The van der Waals surface area contributed by atoms with Crippen molar-refractivity contribution in [1.29, 1.82) is 0 Å². The summed E-state index contributed by atoms with van der Waals surface area (Å²) in [6.07, 6.45) is 1.08. The van der Waals surface area contributed by atoms with Crippen molar-refractivity contribution >= 4 is 15.7 Å². The predicted molar refractivity (Wildman–Crippen MR) is 93.8 cm³/mol. The molecule has 0 aliphatic rings. The number of nitrogens with zero attached hydrogens (tertiary/aromatic N) is 1. The third-order valence-electron chi connectivity index (χ3n) is 3.89. The molecule has 0 aromatic heterocycles. The molecule has 8 heteroatoms. The third kappa shape index (κ3) is 5.35. The van der Waals surface area contributed by atoms with Crippen molar-refractivity contribution < 1.29 is 18.4 Å². The first-order valence-electron chi connectivity index (χ1n) is 7.84. The molecule has 134 valence electrons. The Morgan fingerprint density at radius 1 is 1.04 bits per heavy atom. The van der Waals surface area contributed by atoms with Crippen LogP contribution in [0.2, 0.25) is 0 Å². The maximum absolute atomic E-state index is 12.3. The van der Waals surface area contributed by atoms with Crippen LogP contribution >= 0.6 is 0 Å². The van der Waals surface area contributed by atoms with Crippen molar-refractivity contribution in [2.24, 2.45) is 0 Å². The number of hydrogen-bond acceptors (Lipinski definition) is 5. The topological polar surface area (TPSA) is 110 Å². The van der Waals surface area contributed by atoms with Crippen LogP contribution in [0.25, 0.3) is 0 Å². The number of benzene rings is 2. The van der Waals surface area contributed by atoms with Crippen LogP contribution < -0.4 is 4.72 Å². The van der Waals surface area contributed by atoms with E-state index in [0.29, 0.717) is 12.8 Å². The van der Waals surface area contributed by atoms with Crippen LogP contribution in [0, 0.1) is 10.1 Å². The molecule has 0 saturated carbocycles. The molecule has 0 spiro atoms. The lowest BCUT2D eigenvalue weighted by molar-refractivity contribution is -0.384. The Hall–Kier alpha value is -2.29. The monoisotopic (exact) mass is 364 g/mol. The zero-order chi connectivity index (χ0) is 18.3. The van der Waals surface area contributed by atoms with Gasteiger partial charge in [0.25, 0.3) is 5.69 Å². The van der Waals surface area contributed by atoms with E-state index < -0.39 is 14.9 Å². The Morgan fingerprint density at radius 3 is 2.24 bits per heavy atom. The fourth-order valence-corrected chi connectivity index (χ4v) is 3.60. The molecule has 0 aliphatic carbocycles. The minimum Gasteiger partial charge on any atom is -0.396 e. The Kier molecular flexibility index (Phi) is 6.63. The highest BCUT2D eigenvalue weighted by molar-refractivity contribution is 7.89. The predicted octanol–water partition coefficient (Wildman–Crippen LogP) is 2.43. The van der Waals surface area contributed by atoms with Crippen LogP contribution in [0.4, 0.5) is 5.69 Å². The number of nitro groups is 1. The zero-order valence-corrected chi connectivity index (χ0v) is 14.4. The summed E-state index contributed by atoms with van der Waals surface area (Å²) in [4.78, 5) is 10.0. The molecule has 1 atom stereocenters. The van der Waals surface area contributed by atoms with Crippen LogP contribution in [0.1, 0.15) is 24.3 Å². The number of nitro benzene ring substituents is 1. The van der Waals surface area contributed by atoms with Crippen molar-refractivity contribution in [3.8, 4) is 0 Å². The largest absolute Gasteiger partial charge is 0.396 e. The zero-order valence-electron chi connectivity index (χ0n) is 13.5.